The van der Waals surface area contributed by atoms with Gasteiger partial charge in [0.1, 0.15) is 17.9 Å². The van der Waals surface area contributed by atoms with Crippen LogP contribution in [0.5, 0.6) is 11.5 Å². The molecule has 0 bridgehead atoms. The maximum Gasteiger partial charge on any atom is 0.273 e. The Labute approximate surface area is 182 Å². The monoisotopic (exact) mass is 443 g/mol. The predicted octanol–water partition coefficient (Wildman–Crippen LogP) is 2.94. The third kappa shape index (κ3) is 4.21. The Balaban J connectivity index is 1.41. The van der Waals surface area contributed by atoms with E-state index in [1.807, 2.05) is 18.2 Å². The fraction of sp³-hybridized carbons (Fsp3) is 0.364. The average molecular weight is 444 g/mol. The summed E-state index contributed by atoms with van der Waals surface area (Å²) in [5, 5.41) is 0.459. The molecule has 162 valence electrons. The fourth-order valence-electron chi connectivity index (χ4n) is 3.70. The molecule has 1 saturated heterocycles. The summed E-state index contributed by atoms with van der Waals surface area (Å²) in [6, 6.07) is 12.1. The summed E-state index contributed by atoms with van der Waals surface area (Å²) >= 11 is 1.30. The number of carbonyl (C=O) groups excluding carboxylic acids is 1. The third-order valence-corrected chi connectivity index (χ3v) is 6.43. The van der Waals surface area contributed by atoms with Crippen molar-refractivity contribution in [2.45, 2.75) is 6.10 Å². The number of anilines is 1. The van der Waals surface area contributed by atoms with Crippen molar-refractivity contribution in [2.24, 2.45) is 0 Å². The smallest absolute Gasteiger partial charge is 0.273 e. The molecule has 0 N–H and O–H groups in total. The molecule has 1 aromatic heterocycles. The number of hydrogen-bond donors (Lipinski definition) is 0. The summed E-state index contributed by atoms with van der Waals surface area (Å²) in [5.41, 5.74) is 0.276. The summed E-state index contributed by atoms with van der Waals surface area (Å²) < 4.78 is 32.0. The lowest BCUT2D eigenvalue weighted by molar-refractivity contribution is -0.127. The Morgan fingerprint density at radius 1 is 1.16 bits per heavy atom. The summed E-state index contributed by atoms with van der Waals surface area (Å²) in [6.07, 6.45) is -0.795. The molecule has 1 amide bonds. The van der Waals surface area contributed by atoms with Crippen LogP contribution in [-0.2, 0) is 9.53 Å². The molecule has 2 aromatic carbocycles. The highest BCUT2D eigenvalue weighted by molar-refractivity contribution is 7.22. The predicted molar refractivity (Wildman–Crippen MR) is 116 cm³/mol. The first-order valence-electron chi connectivity index (χ1n) is 10.2. The highest BCUT2D eigenvalue weighted by atomic mass is 32.1. The number of carbonyl (C=O) groups is 1. The number of benzene rings is 2. The Morgan fingerprint density at radius 3 is 2.77 bits per heavy atom. The average Bonchev–Trinajstić information content (AvgIpc) is 3.25. The van der Waals surface area contributed by atoms with Gasteiger partial charge in [0.05, 0.1) is 17.9 Å². The Hall–Kier alpha value is -2.75. The van der Waals surface area contributed by atoms with Crippen molar-refractivity contribution in [1.82, 2.24) is 9.88 Å². The van der Waals surface area contributed by atoms with Crippen molar-refractivity contribution >= 4 is 32.6 Å². The fourth-order valence-corrected chi connectivity index (χ4v) is 4.71. The minimum Gasteiger partial charge on any atom is -0.485 e. The quantitative estimate of drug-likeness (QED) is 0.604. The number of hydrogen-bond acceptors (Lipinski definition) is 7. The number of fused-ring (bicyclic) bond motifs is 2. The molecule has 0 unspecified atom stereocenters. The van der Waals surface area contributed by atoms with Crippen LogP contribution in [0, 0.1) is 5.82 Å². The lowest BCUT2D eigenvalue weighted by Crippen LogP contribution is -2.49. The second-order valence-electron chi connectivity index (χ2n) is 7.39. The van der Waals surface area contributed by atoms with Gasteiger partial charge in [0.2, 0.25) is 6.10 Å². The van der Waals surface area contributed by atoms with Crippen molar-refractivity contribution in [2.75, 3.05) is 50.9 Å². The molecule has 1 atom stereocenters. The van der Waals surface area contributed by atoms with Gasteiger partial charge in [-0.2, -0.15) is 0 Å². The van der Waals surface area contributed by atoms with Crippen molar-refractivity contribution in [3.63, 3.8) is 0 Å². The second kappa shape index (κ2) is 8.78. The van der Waals surface area contributed by atoms with Crippen LogP contribution in [0.2, 0.25) is 0 Å². The van der Waals surface area contributed by atoms with E-state index in [1.54, 1.807) is 23.1 Å². The van der Waals surface area contributed by atoms with Crippen LogP contribution in [-0.4, -0.2) is 67.9 Å². The molecule has 9 heteroatoms. The van der Waals surface area contributed by atoms with Crippen LogP contribution in [0.25, 0.3) is 10.2 Å². The first kappa shape index (κ1) is 20.2. The van der Waals surface area contributed by atoms with E-state index in [0.717, 1.165) is 13.1 Å². The number of rotatable bonds is 5. The summed E-state index contributed by atoms with van der Waals surface area (Å²) in [7, 11) is 0. The normalized spacial score (nSPS) is 18.8. The van der Waals surface area contributed by atoms with Gasteiger partial charge in [-0.3, -0.25) is 14.6 Å². The van der Waals surface area contributed by atoms with Crippen LogP contribution in [0.4, 0.5) is 9.52 Å². The zero-order chi connectivity index (χ0) is 21.2. The van der Waals surface area contributed by atoms with Gasteiger partial charge in [-0.25, -0.2) is 9.37 Å². The van der Waals surface area contributed by atoms with Crippen molar-refractivity contribution in [1.29, 1.82) is 0 Å². The van der Waals surface area contributed by atoms with Crippen molar-refractivity contribution in [3.05, 3.63) is 48.3 Å². The molecular weight excluding hydrogens is 421 g/mol. The Bertz CT molecular complexity index is 1090. The van der Waals surface area contributed by atoms with E-state index in [0.29, 0.717) is 47.6 Å². The molecule has 1 fully saturated rings. The second-order valence-corrected chi connectivity index (χ2v) is 8.40. The van der Waals surface area contributed by atoms with Gasteiger partial charge in [0, 0.05) is 26.2 Å². The molecule has 5 rings (SSSR count). The number of morpholine rings is 1. The Kier molecular flexibility index (Phi) is 5.71. The molecule has 2 aliphatic heterocycles. The van der Waals surface area contributed by atoms with Crippen LogP contribution in [0.1, 0.15) is 0 Å². The van der Waals surface area contributed by atoms with Crippen molar-refractivity contribution in [3.8, 4) is 11.5 Å². The van der Waals surface area contributed by atoms with E-state index in [2.05, 4.69) is 9.88 Å². The summed E-state index contributed by atoms with van der Waals surface area (Å²) in [5.74, 6) is 0.512. The van der Waals surface area contributed by atoms with Gasteiger partial charge in [-0.1, -0.05) is 29.5 Å². The molecule has 7 nitrogen and oxygen atoms in total. The molecular formula is C22H22FN3O4S. The lowest BCUT2D eigenvalue weighted by Gasteiger charge is -2.32. The number of nitrogens with zero attached hydrogens (tertiary/aromatic N) is 3. The van der Waals surface area contributed by atoms with Crippen LogP contribution in [0.15, 0.2) is 42.5 Å². The minimum atomic E-state index is -0.795. The number of aromatic nitrogens is 1. The van der Waals surface area contributed by atoms with E-state index in [9.17, 15) is 9.18 Å². The maximum atomic E-state index is 14.2. The van der Waals surface area contributed by atoms with E-state index in [1.165, 1.54) is 17.4 Å². The maximum absolute atomic E-state index is 14.2. The lowest BCUT2D eigenvalue weighted by atomic mass is 10.2. The van der Waals surface area contributed by atoms with E-state index < -0.39 is 11.9 Å². The highest BCUT2D eigenvalue weighted by Crippen LogP contribution is 2.34. The van der Waals surface area contributed by atoms with Gasteiger partial charge in [0.15, 0.2) is 16.6 Å². The zero-order valence-corrected chi connectivity index (χ0v) is 17.6. The molecule has 3 aromatic rings. The SMILES string of the molecule is O=C([C@@H]1COc2ccccc2O1)N(CCN1CCOCC1)c1nc2c(F)cccc2s1. The van der Waals surface area contributed by atoms with E-state index >= 15 is 0 Å². The zero-order valence-electron chi connectivity index (χ0n) is 16.8. The molecule has 0 radical (unpaired) electrons. The number of para-hydroxylation sites is 3. The van der Waals surface area contributed by atoms with Gasteiger partial charge in [-0.15, -0.1) is 0 Å². The standard InChI is InChI=1S/C22H22FN3O4S/c23-15-4-3-7-19-20(15)24-22(31-19)26(9-8-25-10-12-28-13-11-25)21(27)18-14-29-16-5-1-2-6-17(16)30-18/h1-7,18H,8-14H2/t18-/m0/s1. The topological polar surface area (TPSA) is 64.1 Å². The summed E-state index contributed by atoms with van der Waals surface area (Å²) in [6.45, 7) is 4.18. The molecule has 2 aliphatic rings. The number of thiazole rings is 1. The van der Waals surface area contributed by atoms with E-state index in [4.69, 9.17) is 14.2 Å². The van der Waals surface area contributed by atoms with Crippen LogP contribution < -0.4 is 14.4 Å². The van der Waals surface area contributed by atoms with Gasteiger partial charge < -0.3 is 14.2 Å². The van der Waals surface area contributed by atoms with Gasteiger partial charge in [-0.05, 0) is 24.3 Å². The molecule has 31 heavy (non-hydrogen) atoms. The minimum absolute atomic E-state index is 0.114. The van der Waals surface area contributed by atoms with E-state index in [-0.39, 0.29) is 18.0 Å². The molecule has 3 heterocycles. The molecule has 0 spiro atoms. The van der Waals surface area contributed by atoms with Crippen LogP contribution in [0.3, 0.4) is 0 Å². The third-order valence-electron chi connectivity index (χ3n) is 5.38. The molecule has 0 saturated carbocycles. The molecule has 0 aliphatic carbocycles. The first-order chi connectivity index (χ1) is 15.2. The first-order valence-corrected chi connectivity index (χ1v) is 11.1. The summed E-state index contributed by atoms with van der Waals surface area (Å²) in [4.78, 5) is 21.8. The van der Waals surface area contributed by atoms with Crippen LogP contribution >= 0.6 is 11.3 Å². The van der Waals surface area contributed by atoms with Gasteiger partial charge in [0.25, 0.3) is 5.91 Å². The number of halogens is 1. The highest BCUT2D eigenvalue weighted by Gasteiger charge is 2.33. The Morgan fingerprint density at radius 2 is 1.97 bits per heavy atom. The number of ether oxygens (including phenoxy) is 3. The van der Waals surface area contributed by atoms with Gasteiger partial charge >= 0.3 is 0 Å². The number of amides is 1. The largest absolute Gasteiger partial charge is 0.485 e. The van der Waals surface area contributed by atoms with Crippen molar-refractivity contribution < 1.29 is 23.4 Å².